The van der Waals surface area contributed by atoms with Crippen molar-refractivity contribution in [1.82, 2.24) is 14.0 Å². The fourth-order valence-corrected chi connectivity index (χ4v) is 5.48. The number of rotatable bonds is 6. The van der Waals surface area contributed by atoms with Gasteiger partial charge in [0.1, 0.15) is 10.6 Å². The highest BCUT2D eigenvalue weighted by molar-refractivity contribution is 7.18. The van der Waals surface area contributed by atoms with Gasteiger partial charge < -0.3 is 9.64 Å². The molecule has 1 amide bonds. The van der Waals surface area contributed by atoms with E-state index >= 15 is 0 Å². The summed E-state index contributed by atoms with van der Waals surface area (Å²) in [6.07, 6.45) is 2.92. The van der Waals surface area contributed by atoms with Gasteiger partial charge in [-0.25, -0.2) is 18.5 Å². The Morgan fingerprint density at radius 2 is 1.91 bits per heavy atom. The molecule has 0 saturated carbocycles. The highest BCUT2D eigenvalue weighted by atomic mass is 32.1. The minimum atomic E-state index is -0.432. The summed E-state index contributed by atoms with van der Waals surface area (Å²) in [4.78, 5) is 42.3. The second kappa shape index (κ2) is 9.28. The first kappa shape index (κ1) is 22.3. The molecule has 2 aromatic heterocycles. The molecule has 3 aromatic rings. The molecule has 0 bridgehead atoms. The lowest BCUT2D eigenvalue weighted by atomic mass is 10.1. The van der Waals surface area contributed by atoms with Crippen molar-refractivity contribution in [3.05, 3.63) is 61.4 Å². The Kier molecular flexibility index (Phi) is 6.45. The molecule has 0 spiro atoms. The van der Waals surface area contributed by atoms with Gasteiger partial charge >= 0.3 is 11.8 Å². The predicted molar refractivity (Wildman–Crippen MR) is 122 cm³/mol. The number of aryl methyl sites for hydroxylation is 1. The van der Waals surface area contributed by atoms with Gasteiger partial charge in [-0.15, -0.1) is 11.3 Å². The molecule has 0 aliphatic carbocycles. The monoisotopic (exact) mass is 459 g/mol. The van der Waals surface area contributed by atoms with Crippen LogP contribution >= 0.6 is 11.3 Å². The van der Waals surface area contributed by atoms with Crippen LogP contribution in [0.25, 0.3) is 15.9 Å². The standard InChI is InChI=1S/C23H26FN3O4S/c1-3-5-6-12-26-21-19(17-11-13-25(14-18(17)32-21)23(30)31-4-2)20(28)27(22(26)29)16-9-7-15(24)8-10-16/h7-10H,3-6,11-14H2,1-2H3. The molecular weight excluding hydrogens is 433 g/mol. The number of unbranched alkanes of at least 4 members (excludes halogenated alkanes) is 2. The Balaban J connectivity index is 1.90. The number of carbonyl (C=O) groups excluding carboxylic acids is 1. The zero-order valence-electron chi connectivity index (χ0n) is 18.2. The van der Waals surface area contributed by atoms with Gasteiger partial charge in [0.2, 0.25) is 0 Å². The zero-order chi connectivity index (χ0) is 22.8. The first-order valence-corrected chi connectivity index (χ1v) is 11.8. The molecule has 4 rings (SSSR count). The van der Waals surface area contributed by atoms with Crippen molar-refractivity contribution in [1.29, 1.82) is 0 Å². The molecule has 0 fully saturated rings. The van der Waals surface area contributed by atoms with E-state index in [1.165, 1.54) is 35.6 Å². The summed E-state index contributed by atoms with van der Waals surface area (Å²) in [5.41, 5.74) is 0.406. The van der Waals surface area contributed by atoms with Crippen LogP contribution in [-0.4, -0.2) is 33.3 Å². The maximum Gasteiger partial charge on any atom is 0.410 e. The van der Waals surface area contributed by atoms with E-state index in [0.717, 1.165) is 34.3 Å². The molecule has 170 valence electrons. The summed E-state index contributed by atoms with van der Waals surface area (Å²) in [7, 11) is 0. The number of amides is 1. The van der Waals surface area contributed by atoms with Crippen molar-refractivity contribution in [2.24, 2.45) is 0 Å². The Labute approximate surface area is 188 Å². The molecule has 0 N–H and O–H groups in total. The van der Waals surface area contributed by atoms with E-state index in [1.807, 2.05) is 0 Å². The van der Waals surface area contributed by atoms with Crippen molar-refractivity contribution in [2.45, 2.75) is 52.6 Å². The third-order valence-electron chi connectivity index (χ3n) is 5.72. The molecule has 32 heavy (non-hydrogen) atoms. The second-order valence-electron chi connectivity index (χ2n) is 7.81. The van der Waals surface area contributed by atoms with E-state index < -0.39 is 17.1 Å². The number of hydrogen-bond acceptors (Lipinski definition) is 5. The van der Waals surface area contributed by atoms with Gasteiger partial charge in [-0.3, -0.25) is 9.36 Å². The molecule has 0 saturated heterocycles. The molecule has 0 atom stereocenters. The minimum Gasteiger partial charge on any atom is -0.450 e. The van der Waals surface area contributed by atoms with Crippen LogP contribution in [0.5, 0.6) is 0 Å². The first-order valence-electron chi connectivity index (χ1n) is 10.9. The summed E-state index contributed by atoms with van der Waals surface area (Å²) < 4.78 is 21.4. The summed E-state index contributed by atoms with van der Waals surface area (Å²) in [6, 6.07) is 5.38. The predicted octanol–water partition coefficient (Wildman–Crippen LogP) is 4.06. The lowest BCUT2D eigenvalue weighted by Crippen LogP contribution is -2.39. The third kappa shape index (κ3) is 3.97. The summed E-state index contributed by atoms with van der Waals surface area (Å²) in [5.74, 6) is -0.432. The van der Waals surface area contributed by atoms with Crippen LogP contribution in [0.15, 0.2) is 33.9 Å². The van der Waals surface area contributed by atoms with Crippen LogP contribution in [0.1, 0.15) is 43.6 Å². The number of benzene rings is 1. The number of ether oxygens (including phenoxy) is 1. The van der Waals surface area contributed by atoms with E-state index in [4.69, 9.17) is 4.74 Å². The van der Waals surface area contributed by atoms with Crippen molar-refractivity contribution in [2.75, 3.05) is 13.2 Å². The molecule has 1 aromatic carbocycles. The fraction of sp³-hybridized carbons (Fsp3) is 0.435. The maximum absolute atomic E-state index is 13.5. The molecule has 1 aliphatic rings. The van der Waals surface area contributed by atoms with Gasteiger partial charge in [0, 0.05) is 18.0 Å². The average molecular weight is 460 g/mol. The molecular formula is C23H26FN3O4S. The van der Waals surface area contributed by atoms with Gasteiger partial charge in [-0.2, -0.15) is 0 Å². The lowest BCUT2D eigenvalue weighted by Gasteiger charge is -2.25. The van der Waals surface area contributed by atoms with Crippen LogP contribution in [0, 0.1) is 5.82 Å². The number of halogens is 1. The number of carbonyl (C=O) groups is 1. The van der Waals surface area contributed by atoms with Gasteiger partial charge in [0.15, 0.2) is 0 Å². The van der Waals surface area contributed by atoms with Crippen LogP contribution in [0.3, 0.4) is 0 Å². The Hall–Kier alpha value is -2.94. The van der Waals surface area contributed by atoms with Crippen molar-refractivity contribution >= 4 is 27.6 Å². The van der Waals surface area contributed by atoms with Gasteiger partial charge in [0.25, 0.3) is 5.56 Å². The van der Waals surface area contributed by atoms with Crippen LogP contribution < -0.4 is 11.2 Å². The maximum atomic E-state index is 13.5. The van der Waals surface area contributed by atoms with Crippen molar-refractivity contribution in [3.8, 4) is 5.69 Å². The average Bonchev–Trinajstić information content (AvgIpc) is 3.16. The van der Waals surface area contributed by atoms with E-state index in [-0.39, 0.29) is 6.09 Å². The first-order chi connectivity index (χ1) is 15.5. The van der Waals surface area contributed by atoms with Crippen LogP contribution in [0.4, 0.5) is 9.18 Å². The zero-order valence-corrected chi connectivity index (χ0v) is 19.0. The molecule has 3 heterocycles. The van der Waals surface area contributed by atoms with Gasteiger partial charge in [-0.1, -0.05) is 19.8 Å². The molecule has 9 heteroatoms. The molecule has 1 aliphatic heterocycles. The normalized spacial score (nSPS) is 13.4. The van der Waals surface area contributed by atoms with E-state index in [9.17, 15) is 18.8 Å². The number of hydrogen-bond donors (Lipinski definition) is 0. The number of thiophene rings is 1. The Morgan fingerprint density at radius 3 is 2.59 bits per heavy atom. The highest BCUT2D eigenvalue weighted by Crippen LogP contribution is 2.33. The topological polar surface area (TPSA) is 73.5 Å². The molecule has 7 nitrogen and oxygen atoms in total. The summed E-state index contributed by atoms with van der Waals surface area (Å²) in [5, 5.41) is 0.522. The van der Waals surface area contributed by atoms with Crippen LogP contribution in [-0.2, 0) is 24.2 Å². The second-order valence-corrected chi connectivity index (χ2v) is 8.90. The van der Waals surface area contributed by atoms with Crippen molar-refractivity contribution in [3.63, 3.8) is 0 Å². The number of nitrogens with zero attached hydrogens (tertiary/aromatic N) is 3. The van der Waals surface area contributed by atoms with E-state index in [0.29, 0.717) is 48.6 Å². The van der Waals surface area contributed by atoms with E-state index in [1.54, 1.807) is 16.4 Å². The van der Waals surface area contributed by atoms with Gasteiger partial charge in [-0.05, 0) is 49.6 Å². The highest BCUT2D eigenvalue weighted by Gasteiger charge is 2.29. The minimum absolute atomic E-state index is 0.300. The number of fused-ring (bicyclic) bond motifs is 3. The quantitative estimate of drug-likeness (QED) is 0.521. The van der Waals surface area contributed by atoms with Crippen LogP contribution in [0.2, 0.25) is 0 Å². The summed E-state index contributed by atoms with van der Waals surface area (Å²) in [6.45, 7) is 5.44. The SMILES string of the molecule is CCCCCn1c(=O)n(-c2ccc(F)cc2)c(=O)c2c3c(sc21)CN(C(=O)OCC)CC3. The van der Waals surface area contributed by atoms with Crippen molar-refractivity contribution < 1.29 is 13.9 Å². The Bertz CT molecular complexity index is 1260. The molecule has 0 radical (unpaired) electrons. The smallest absolute Gasteiger partial charge is 0.410 e. The summed E-state index contributed by atoms with van der Waals surface area (Å²) >= 11 is 1.40. The number of aromatic nitrogens is 2. The molecule has 0 unspecified atom stereocenters. The largest absolute Gasteiger partial charge is 0.450 e. The Morgan fingerprint density at radius 1 is 1.16 bits per heavy atom. The van der Waals surface area contributed by atoms with Gasteiger partial charge in [0.05, 0.1) is 24.2 Å². The van der Waals surface area contributed by atoms with E-state index in [2.05, 4.69) is 6.92 Å². The lowest BCUT2D eigenvalue weighted by molar-refractivity contribution is 0.103. The fourth-order valence-electron chi connectivity index (χ4n) is 4.11. The third-order valence-corrected chi connectivity index (χ3v) is 6.96.